The second kappa shape index (κ2) is 4.85. The lowest BCUT2D eigenvalue weighted by atomic mass is 9.83. The Labute approximate surface area is 99.5 Å². The number of oxazole rings is 1. The van der Waals surface area contributed by atoms with E-state index in [1.807, 2.05) is 6.92 Å². The highest BCUT2D eigenvalue weighted by Gasteiger charge is 2.40. The number of aromatic nitrogens is 1. The van der Waals surface area contributed by atoms with Gasteiger partial charge in [0.15, 0.2) is 6.39 Å². The van der Waals surface area contributed by atoms with Crippen LogP contribution in [0.1, 0.15) is 29.6 Å². The first kappa shape index (κ1) is 12.1. The number of rotatable bonds is 4. The zero-order chi connectivity index (χ0) is 12.4. The fourth-order valence-corrected chi connectivity index (χ4v) is 1.96. The molecule has 0 bridgehead atoms. The topological polar surface area (TPSA) is 90.4 Å². The Hall–Kier alpha value is -1.40. The van der Waals surface area contributed by atoms with Gasteiger partial charge in [0.2, 0.25) is 5.76 Å². The van der Waals surface area contributed by atoms with Crippen LogP contribution in [0.15, 0.2) is 10.8 Å². The maximum Gasteiger partial charge on any atom is 0.289 e. The van der Waals surface area contributed by atoms with Gasteiger partial charge in [-0.1, -0.05) is 0 Å². The van der Waals surface area contributed by atoms with E-state index in [1.165, 1.54) is 6.39 Å². The van der Waals surface area contributed by atoms with Crippen LogP contribution < -0.4 is 11.1 Å². The van der Waals surface area contributed by atoms with Crippen molar-refractivity contribution in [2.24, 2.45) is 5.73 Å². The first-order valence-electron chi connectivity index (χ1n) is 5.71. The maximum absolute atomic E-state index is 11.9. The Morgan fingerprint density at radius 2 is 2.53 bits per heavy atom. The number of ether oxygens (including phenoxy) is 1. The molecular weight excluding hydrogens is 222 g/mol. The molecule has 3 N–H and O–H groups in total. The van der Waals surface area contributed by atoms with Crippen LogP contribution in [-0.2, 0) is 4.74 Å². The minimum absolute atomic E-state index is 0.00202. The molecule has 6 heteroatoms. The molecule has 1 aromatic rings. The zero-order valence-corrected chi connectivity index (χ0v) is 9.97. The van der Waals surface area contributed by atoms with Crippen LogP contribution in [0.3, 0.4) is 0 Å². The third-order valence-corrected chi connectivity index (χ3v) is 3.00. The first-order chi connectivity index (χ1) is 8.13. The second-order valence-electron chi connectivity index (χ2n) is 4.16. The van der Waals surface area contributed by atoms with Gasteiger partial charge in [0.25, 0.3) is 5.91 Å². The highest BCUT2D eigenvalue weighted by atomic mass is 16.5. The lowest BCUT2D eigenvalue weighted by Crippen LogP contribution is -2.64. The van der Waals surface area contributed by atoms with Crippen molar-refractivity contribution >= 4 is 5.91 Å². The predicted molar refractivity (Wildman–Crippen MR) is 60.5 cm³/mol. The average Bonchev–Trinajstić information content (AvgIpc) is 2.72. The van der Waals surface area contributed by atoms with Crippen molar-refractivity contribution in [1.29, 1.82) is 0 Å². The number of aryl methyl sites for hydroxylation is 1. The second-order valence-corrected chi connectivity index (χ2v) is 4.16. The van der Waals surface area contributed by atoms with E-state index < -0.39 is 0 Å². The van der Waals surface area contributed by atoms with Crippen LogP contribution in [0, 0.1) is 6.92 Å². The van der Waals surface area contributed by atoms with Gasteiger partial charge in [0, 0.05) is 12.6 Å². The van der Waals surface area contributed by atoms with Gasteiger partial charge in [-0.05, 0) is 20.3 Å². The third-order valence-electron chi connectivity index (χ3n) is 3.00. The number of amides is 1. The van der Waals surface area contributed by atoms with Gasteiger partial charge in [0.05, 0.1) is 17.8 Å². The van der Waals surface area contributed by atoms with Crippen molar-refractivity contribution in [3.05, 3.63) is 17.8 Å². The van der Waals surface area contributed by atoms with E-state index >= 15 is 0 Å². The van der Waals surface area contributed by atoms with Crippen molar-refractivity contribution in [3.63, 3.8) is 0 Å². The lowest BCUT2D eigenvalue weighted by molar-refractivity contribution is -0.0302. The molecule has 6 nitrogen and oxygen atoms in total. The Kier molecular flexibility index (Phi) is 3.44. The van der Waals surface area contributed by atoms with Crippen LogP contribution in [0.4, 0.5) is 0 Å². The third kappa shape index (κ3) is 2.32. The van der Waals surface area contributed by atoms with Crippen LogP contribution in [0.5, 0.6) is 0 Å². The van der Waals surface area contributed by atoms with E-state index in [4.69, 9.17) is 14.9 Å². The molecule has 1 aromatic heterocycles. The average molecular weight is 239 g/mol. The number of nitrogens with zero attached hydrogens (tertiary/aromatic N) is 1. The van der Waals surface area contributed by atoms with Gasteiger partial charge in [-0.25, -0.2) is 4.98 Å². The Morgan fingerprint density at radius 3 is 3.06 bits per heavy atom. The SMILES string of the molecule is CCOC1CC(N)C1NC(=O)c1ocnc1C. The zero-order valence-electron chi connectivity index (χ0n) is 9.97. The molecular formula is C11H17N3O3. The highest BCUT2D eigenvalue weighted by Crippen LogP contribution is 2.23. The highest BCUT2D eigenvalue weighted by molar-refractivity contribution is 5.92. The number of carbonyl (C=O) groups is 1. The summed E-state index contributed by atoms with van der Waals surface area (Å²) in [6, 6.07) is -0.203. The largest absolute Gasteiger partial charge is 0.438 e. The molecule has 1 aliphatic rings. The lowest BCUT2D eigenvalue weighted by Gasteiger charge is -2.42. The molecule has 0 spiro atoms. The smallest absolute Gasteiger partial charge is 0.289 e. The fraction of sp³-hybridized carbons (Fsp3) is 0.636. The summed E-state index contributed by atoms with van der Waals surface area (Å²) >= 11 is 0. The summed E-state index contributed by atoms with van der Waals surface area (Å²) < 4.78 is 10.5. The van der Waals surface area contributed by atoms with Gasteiger partial charge < -0.3 is 20.2 Å². The molecule has 0 aromatic carbocycles. The molecule has 0 saturated heterocycles. The monoisotopic (exact) mass is 239 g/mol. The molecule has 3 atom stereocenters. The summed E-state index contributed by atoms with van der Waals surface area (Å²) in [5, 5.41) is 2.82. The van der Waals surface area contributed by atoms with Crippen molar-refractivity contribution in [3.8, 4) is 0 Å². The number of carbonyl (C=O) groups excluding carboxylic acids is 1. The van der Waals surface area contributed by atoms with E-state index in [9.17, 15) is 4.79 Å². The van der Waals surface area contributed by atoms with Crippen LogP contribution >= 0.6 is 0 Å². The standard InChI is InChI=1S/C11H17N3O3/c1-3-16-8-4-7(12)9(8)14-11(15)10-6(2)13-5-17-10/h5,7-9H,3-4,12H2,1-2H3,(H,14,15). The summed E-state index contributed by atoms with van der Waals surface area (Å²) in [7, 11) is 0. The van der Waals surface area contributed by atoms with Crippen LogP contribution in [0.2, 0.25) is 0 Å². The summed E-state index contributed by atoms with van der Waals surface area (Å²) in [6.45, 7) is 4.26. The van der Waals surface area contributed by atoms with Gasteiger partial charge in [-0.2, -0.15) is 0 Å². The Morgan fingerprint density at radius 1 is 1.76 bits per heavy atom. The molecule has 0 radical (unpaired) electrons. The number of hydrogen-bond acceptors (Lipinski definition) is 5. The number of hydrogen-bond donors (Lipinski definition) is 2. The quantitative estimate of drug-likeness (QED) is 0.784. The first-order valence-corrected chi connectivity index (χ1v) is 5.71. The maximum atomic E-state index is 11.9. The molecule has 0 aliphatic heterocycles. The molecule has 1 heterocycles. The van der Waals surface area contributed by atoms with E-state index in [0.29, 0.717) is 12.3 Å². The van der Waals surface area contributed by atoms with Crippen LogP contribution in [-0.4, -0.2) is 35.7 Å². The summed E-state index contributed by atoms with van der Waals surface area (Å²) in [4.78, 5) is 15.7. The molecule has 2 rings (SSSR count). The number of nitrogens with one attached hydrogen (secondary N) is 1. The number of nitrogens with two attached hydrogens (primary N) is 1. The summed E-state index contributed by atoms with van der Waals surface area (Å²) in [6.07, 6.45) is 2.03. The van der Waals surface area contributed by atoms with Gasteiger partial charge in [0.1, 0.15) is 0 Å². The van der Waals surface area contributed by atoms with Gasteiger partial charge >= 0.3 is 0 Å². The predicted octanol–water partition coefficient (Wildman–Crippen LogP) is 0.218. The van der Waals surface area contributed by atoms with Gasteiger partial charge in [-0.3, -0.25) is 4.79 Å². The molecule has 17 heavy (non-hydrogen) atoms. The Balaban J connectivity index is 1.97. The van der Waals surface area contributed by atoms with E-state index in [0.717, 1.165) is 6.42 Å². The van der Waals surface area contributed by atoms with Crippen molar-refractivity contribution in [2.45, 2.75) is 38.5 Å². The van der Waals surface area contributed by atoms with E-state index in [-0.39, 0.29) is 29.9 Å². The minimum atomic E-state index is -0.287. The molecule has 3 unspecified atom stereocenters. The molecule has 1 aliphatic carbocycles. The minimum Gasteiger partial charge on any atom is -0.438 e. The van der Waals surface area contributed by atoms with Crippen molar-refractivity contribution < 1.29 is 13.9 Å². The van der Waals surface area contributed by atoms with Crippen molar-refractivity contribution in [2.75, 3.05) is 6.61 Å². The van der Waals surface area contributed by atoms with E-state index in [1.54, 1.807) is 6.92 Å². The Bertz CT molecular complexity index is 402. The normalized spacial score (nSPS) is 27.6. The molecule has 94 valence electrons. The molecule has 1 amide bonds. The van der Waals surface area contributed by atoms with Crippen molar-refractivity contribution in [1.82, 2.24) is 10.3 Å². The fourth-order valence-electron chi connectivity index (χ4n) is 1.96. The van der Waals surface area contributed by atoms with E-state index in [2.05, 4.69) is 10.3 Å². The van der Waals surface area contributed by atoms with Crippen LogP contribution in [0.25, 0.3) is 0 Å². The summed E-state index contributed by atoms with van der Waals surface area (Å²) in [5.41, 5.74) is 6.41. The molecule has 1 fully saturated rings. The molecule has 1 saturated carbocycles. The van der Waals surface area contributed by atoms with Gasteiger partial charge in [-0.15, -0.1) is 0 Å². The summed E-state index contributed by atoms with van der Waals surface area (Å²) in [5.74, 6) is -0.0517.